The van der Waals surface area contributed by atoms with Crippen LogP contribution in [-0.4, -0.2) is 29.7 Å². The molecule has 1 heterocycles. The number of nitrogens with one attached hydrogen (secondary N) is 1. The lowest BCUT2D eigenvalue weighted by Gasteiger charge is -2.20. The average molecular weight is 417 g/mol. The molecule has 164 valence electrons. The van der Waals surface area contributed by atoms with Gasteiger partial charge in [-0.2, -0.15) is 0 Å². The van der Waals surface area contributed by atoms with Gasteiger partial charge in [0.25, 0.3) is 5.91 Å². The number of halogens is 1. The first-order valence-corrected chi connectivity index (χ1v) is 10.1. The Labute approximate surface area is 179 Å². The Kier molecular flexibility index (Phi) is 10.8. The molecule has 0 aliphatic heterocycles. The van der Waals surface area contributed by atoms with Crippen LogP contribution < -0.4 is 10.1 Å². The molecule has 2 rings (SSSR count). The van der Waals surface area contributed by atoms with Crippen molar-refractivity contribution < 1.29 is 19.0 Å². The molecule has 0 spiro atoms. The first-order valence-electron chi connectivity index (χ1n) is 10.1. The third kappa shape index (κ3) is 6.95. The van der Waals surface area contributed by atoms with Crippen LogP contribution in [0, 0.1) is 5.92 Å². The first kappa shape index (κ1) is 25.3. The van der Waals surface area contributed by atoms with Gasteiger partial charge in [-0.15, -0.1) is 0 Å². The normalized spacial score (nSPS) is 15.3. The van der Waals surface area contributed by atoms with Crippen LogP contribution >= 0.6 is 0 Å². The number of hydrogen-bond acceptors (Lipinski definition) is 4. The first-order chi connectivity index (χ1) is 14.4. The number of allylic oxidation sites excluding steroid dienone is 4. The zero-order valence-corrected chi connectivity index (χ0v) is 18.4. The number of amides is 1. The third-order valence-corrected chi connectivity index (χ3v) is 4.68. The number of aliphatic hydroxyl groups excluding tert-OH is 1. The predicted molar refractivity (Wildman–Crippen MR) is 120 cm³/mol. The Hall–Kier alpha value is -2.73. The highest BCUT2D eigenvalue weighted by molar-refractivity contribution is 6.07. The summed E-state index contributed by atoms with van der Waals surface area (Å²) < 4.78 is 19.4. The number of carbonyl (C=O) groups excluding carboxylic acids is 1. The van der Waals surface area contributed by atoms with Crippen LogP contribution in [0.4, 0.5) is 10.1 Å². The lowest BCUT2D eigenvalue weighted by atomic mass is 9.95. The van der Waals surface area contributed by atoms with Crippen LogP contribution in [0.3, 0.4) is 0 Å². The van der Waals surface area contributed by atoms with Crippen LogP contribution in [0.1, 0.15) is 44.9 Å². The number of aromatic nitrogens is 1. The molecule has 2 N–H and O–H groups in total. The number of aryl methyl sites for hydroxylation is 1. The lowest BCUT2D eigenvalue weighted by Crippen LogP contribution is -2.18. The molecule has 6 heteroatoms. The molecule has 1 aliphatic carbocycles. The summed E-state index contributed by atoms with van der Waals surface area (Å²) in [4.78, 5) is 17.1. The highest BCUT2D eigenvalue weighted by Crippen LogP contribution is 2.35. The van der Waals surface area contributed by atoms with E-state index in [1.54, 1.807) is 19.2 Å². The van der Waals surface area contributed by atoms with Gasteiger partial charge >= 0.3 is 0 Å². The van der Waals surface area contributed by atoms with Crippen molar-refractivity contribution in [2.24, 2.45) is 5.92 Å². The monoisotopic (exact) mass is 416 g/mol. The summed E-state index contributed by atoms with van der Waals surface area (Å²) in [5, 5.41) is 9.92. The van der Waals surface area contributed by atoms with E-state index in [9.17, 15) is 9.18 Å². The molecule has 5 nitrogen and oxygen atoms in total. The molecule has 0 aromatic carbocycles. The number of pyridine rings is 1. The molecule has 1 aromatic rings. The van der Waals surface area contributed by atoms with E-state index in [1.807, 2.05) is 26.0 Å². The van der Waals surface area contributed by atoms with E-state index in [4.69, 9.17) is 9.84 Å². The second-order valence-electron chi connectivity index (χ2n) is 6.92. The SMILES string of the molecule is C=C(C)C(=C)C(=O)Nc1c(CC)ncc(CC2C=CCC(F)=CC2)c1OCC.CO. The summed E-state index contributed by atoms with van der Waals surface area (Å²) in [5.41, 5.74) is 3.14. The second kappa shape index (κ2) is 12.8. The van der Waals surface area contributed by atoms with E-state index in [0.717, 1.165) is 18.4 Å². The van der Waals surface area contributed by atoms with Crippen LogP contribution in [0.15, 0.2) is 54.6 Å². The summed E-state index contributed by atoms with van der Waals surface area (Å²) in [6, 6.07) is 0. The summed E-state index contributed by atoms with van der Waals surface area (Å²) in [7, 11) is 1.00. The van der Waals surface area contributed by atoms with Gasteiger partial charge in [0, 0.05) is 30.9 Å². The van der Waals surface area contributed by atoms with Crippen molar-refractivity contribution in [3.8, 4) is 5.75 Å². The van der Waals surface area contributed by atoms with Gasteiger partial charge in [0.05, 0.1) is 18.1 Å². The molecule has 0 saturated heterocycles. The molecule has 1 amide bonds. The van der Waals surface area contributed by atoms with E-state index >= 15 is 0 Å². The number of rotatable bonds is 8. The molecular formula is C24H33FN2O3. The molecular weight excluding hydrogens is 383 g/mol. The minimum absolute atomic E-state index is 0.102. The van der Waals surface area contributed by atoms with Crippen LogP contribution in [0.5, 0.6) is 5.75 Å². The van der Waals surface area contributed by atoms with Gasteiger partial charge in [0.2, 0.25) is 0 Å². The molecule has 1 unspecified atom stereocenters. The Balaban J connectivity index is 0.00000218. The van der Waals surface area contributed by atoms with Gasteiger partial charge in [-0.3, -0.25) is 9.78 Å². The fraction of sp³-hybridized carbons (Fsp3) is 0.417. The number of ether oxygens (including phenoxy) is 1. The van der Waals surface area contributed by atoms with Gasteiger partial charge in [0.1, 0.15) is 11.4 Å². The topological polar surface area (TPSA) is 71.5 Å². The van der Waals surface area contributed by atoms with Gasteiger partial charge in [-0.1, -0.05) is 38.3 Å². The zero-order chi connectivity index (χ0) is 22.7. The molecule has 0 saturated carbocycles. The maximum Gasteiger partial charge on any atom is 0.255 e. The molecule has 0 bridgehead atoms. The summed E-state index contributed by atoms with van der Waals surface area (Å²) in [6.45, 7) is 13.6. The standard InChI is InChI=1S/C23H29FN2O2.CH4O/c1-6-20-21(26-23(27)16(5)15(3)4)22(28-7-2)18(14-25-20)13-17-9-8-10-19(24)12-11-17;1-2/h8-9,12,14,17H,3,5-7,10-11,13H2,1-2,4H3,(H,26,27);2H,1H3. The zero-order valence-electron chi connectivity index (χ0n) is 18.4. The maximum absolute atomic E-state index is 13.5. The van der Waals surface area contributed by atoms with Gasteiger partial charge in [-0.05, 0) is 44.6 Å². The fourth-order valence-electron chi connectivity index (χ4n) is 3.05. The third-order valence-electron chi connectivity index (χ3n) is 4.68. The van der Waals surface area contributed by atoms with Crippen molar-refractivity contribution >= 4 is 11.6 Å². The van der Waals surface area contributed by atoms with Gasteiger partial charge in [0.15, 0.2) is 0 Å². The quantitative estimate of drug-likeness (QED) is 0.352. The fourth-order valence-corrected chi connectivity index (χ4v) is 3.05. The Morgan fingerprint density at radius 3 is 2.67 bits per heavy atom. The van der Waals surface area contributed by atoms with Crippen molar-refractivity contribution in [1.82, 2.24) is 4.98 Å². The minimum atomic E-state index is -0.318. The van der Waals surface area contributed by atoms with E-state index in [1.165, 1.54) is 0 Å². The van der Waals surface area contributed by atoms with Crippen LogP contribution in [-0.2, 0) is 17.6 Å². The summed E-state index contributed by atoms with van der Waals surface area (Å²) in [5.74, 6) is 0.353. The van der Waals surface area contributed by atoms with Crippen molar-refractivity contribution in [3.05, 3.63) is 65.8 Å². The van der Waals surface area contributed by atoms with Crippen molar-refractivity contribution in [2.75, 3.05) is 19.0 Å². The van der Waals surface area contributed by atoms with Gasteiger partial charge in [-0.25, -0.2) is 4.39 Å². The lowest BCUT2D eigenvalue weighted by molar-refractivity contribution is -0.112. The van der Waals surface area contributed by atoms with Crippen molar-refractivity contribution in [2.45, 2.75) is 46.5 Å². The highest BCUT2D eigenvalue weighted by Gasteiger charge is 2.21. The number of anilines is 1. The van der Waals surface area contributed by atoms with Crippen molar-refractivity contribution in [3.63, 3.8) is 0 Å². The smallest absolute Gasteiger partial charge is 0.255 e. The number of aliphatic hydroxyl groups is 1. The number of nitrogens with zero attached hydrogens (tertiary/aromatic N) is 1. The van der Waals surface area contributed by atoms with E-state index in [-0.39, 0.29) is 17.7 Å². The minimum Gasteiger partial charge on any atom is -0.491 e. The Bertz CT molecular complexity index is 828. The molecule has 1 aromatic heterocycles. The molecule has 0 fully saturated rings. The highest BCUT2D eigenvalue weighted by atomic mass is 19.1. The number of hydrogen-bond donors (Lipinski definition) is 2. The second-order valence-corrected chi connectivity index (χ2v) is 6.92. The summed E-state index contributed by atoms with van der Waals surface area (Å²) in [6.07, 6.45) is 9.59. The van der Waals surface area contributed by atoms with E-state index in [2.05, 4.69) is 23.5 Å². The Morgan fingerprint density at radius 1 is 1.37 bits per heavy atom. The molecule has 30 heavy (non-hydrogen) atoms. The summed E-state index contributed by atoms with van der Waals surface area (Å²) >= 11 is 0. The van der Waals surface area contributed by atoms with E-state index < -0.39 is 0 Å². The molecule has 0 radical (unpaired) electrons. The van der Waals surface area contributed by atoms with Gasteiger partial charge < -0.3 is 15.2 Å². The number of carbonyl (C=O) groups is 1. The van der Waals surface area contributed by atoms with E-state index in [0.29, 0.717) is 54.9 Å². The molecule has 1 atom stereocenters. The molecule has 1 aliphatic rings. The predicted octanol–water partition coefficient (Wildman–Crippen LogP) is 5.08. The van der Waals surface area contributed by atoms with Crippen LogP contribution in [0.2, 0.25) is 0 Å². The van der Waals surface area contributed by atoms with Crippen LogP contribution in [0.25, 0.3) is 0 Å². The van der Waals surface area contributed by atoms with Crippen molar-refractivity contribution in [1.29, 1.82) is 0 Å². The Morgan fingerprint density at radius 2 is 2.07 bits per heavy atom. The largest absolute Gasteiger partial charge is 0.491 e. The average Bonchev–Trinajstić information content (AvgIpc) is 2.95. The maximum atomic E-state index is 13.5.